The van der Waals surface area contributed by atoms with Crippen molar-refractivity contribution >= 4 is 41.8 Å². The van der Waals surface area contributed by atoms with E-state index in [0.717, 1.165) is 128 Å². The molecule has 16 nitrogen and oxygen atoms in total. The number of carbonyl (C=O) groups excluding carboxylic acids is 7. The summed E-state index contributed by atoms with van der Waals surface area (Å²) in [7, 11) is 0. The number of nitrogens with zero attached hydrogens (tertiary/aromatic N) is 3. The fraction of sp³-hybridized carbons (Fsp3) is 0.818. The fourth-order valence-electron chi connectivity index (χ4n) is 8.47. The van der Waals surface area contributed by atoms with E-state index in [1.165, 1.54) is 28.2 Å². The highest BCUT2D eigenvalue weighted by atomic mass is 16.6. The van der Waals surface area contributed by atoms with Crippen LogP contribution in [-0.4, -0.2) is 108 Å². The smallest absolute Gasteiger partial charge is 0.329 e. The van der Waals surface area contributed by atoms with Crippen molar-refractivity contribution in [3.63, 3.8) is 0 Å². The minimum atomic E-state index is -0.894. The van der Waals surface area contributed by atoms with Gasteiger partial charge in [0.1, 0.15) is 18.5 Å². The molecule has 16 heteroatoms. The van der Waals surface area contributed by atoms with E-state index in [1.807, 2.05) is 0 Å². The van der Waals surface area contributed by atoms with Crippen molar-refractivity contribution in [3.8, 4) is 0 Å². The first-order chi connectivity index (χ1) is 34.5. The van der Waals surface area contributed by atoms with Crippen molar-refractivity contribution in [1.82, 2.24) is 14.5 Å². The molecule has 1 aliphatic heterocycles. The van der Waals surface area contributed by atoms with E-state index in [4.69, 9.17) is 28.4 Å². The fourth-order valence-corrected chi connectivity index (χ4v) is 8.47. The summed E-state index contributed by atoms with van der Waals surface area (Å²) in [4.78, 5) is 97.3. The Morgan fingerprint density at radius 1 is 0.451 bits per heavy atom. The molecule has 2 heterocycles. The molecular formula is C55H93N3O13. The van der Waals surface area contributed by atoms with E-state index in [9.17, 15) is 33.6 Å². The van der Waals surface area contributed by atoms with Gasteiger partial charge in [-0.1, -0.05) is 156 Å². The van der Waals surface area contributed by atoms with Gasteiger partial charge < -0.3 is 33.3 Å². The highest BCUT2D eigenvalue weighted by molar-refractivity contribution is 5.77. The van der Waals surface area contributed by atoms with Crippen LogP contribution in [0.4, 0.5) is 4.79 Å². The molecule has 1 fully saturated rings. The predicted octanol–water partition coefficient (Wildman–Crippen LogP) is 11.6. The third-order valence-electron chi connectivity index (χ3n) is 12.7. The second-order valence-electron chi connectivity index (χ2n) is 19.6. The van der Waals surface area contributed by atoms with Crippen LogP contribution in [0.15, 0.2) is 18.7 Å². The molecular weight excluding hydrogens is 911 g/mol. The van der Waals surface area contributed by atoms with Crippen molar-refractivity contribution < 1.29 is 62.0 Å². The zero-order valence-electron chi connectivity index (χ0n) is 44.4. The molecule has 0 saturated carbocycles. The van der Waals surface area contributed by atoms with Crippen LogP contribution in [-0.2, 0) is 57.2 Å². The molecule has 2 atom stereocenters. The Bertz CT molecular complexity index is 1450. The van der Waals surface area contributed by atoms with Gasteiger partial charge in [0.05, 0.1) is 52.4 Å². The lowest BCUT2D eigenvalue weighted by atomic mass is 10.0. The molecule has 71 heavy (non-hydrogen) atoms. The minimum absolute atomic E-state index is 0.00626. The van der Waals surface area contributed by atoms with Gasteiger partial charge in [0, 0.05) is 56.3 Å². The summed E-state index contributed by atoms with van der Waals surface area (Å²) < 4.78 is 35.5. The molecule has 0 aliphatic carbocycles. The normalized spacial score (nSPS) is 14.6. The number of likely N-dealkylation sites (tertiary alicyclic amines) is 1. The van der Waals surface area contributed by atoms with Crippen molar-refractivity contribution in [2.75, 3.05) is 39.5 Å². The van der Waals surface area contributed by atoms with Crippen molar-refractivity contribution in [1.29, 1.82) is 0 Å². The van der Waals surface area contributed by atoms with Gasteiger partial charge >= 0.3 is 41.8 Å². The van der Waals surface area contributed by atoms with Crippen LogP contribution in [0.1, 0.15) is 227 Å². The summed E-state index contributed by atoms with van der Waals surface area (Å²) in [5.74, 6) is -4.22. The Morgan fingerprint density at radius 3 is 1.06 bits per heavy atom. The molecule has 1 aromatic rings. The van der Waals surface area contributed by atoms with Crippen LogP contribution < -0.4 is 0 Å². The quantitative estimate of drug-likeness (QED) is 0.0341. The van der Waals surface area contributed by atoms with Gasteiger partial charge in [0.15, 0.2) is 0 Å². The van der Waals surface area contributed by atoms with E-state index in [1.54, 1.807) is 0 Å². The first kappa shape index (κ1) is 62.6. The lowest BCUT2D eigenvalue weighted by Gasteiger charge is -2.37. The summed E-state index contributed by atoms with van der Waals surface area (Å²) >= 11 is 0. The van der Waals surface area contributed by atoms with E-state index < -0.39 is 42.0 Å². The number of esters is 6. The Labute approximate surface area is 426 Å². The minimum Gasteiger partial charge on any atom is -0.465 e. The van der Waals surface area contributed by atoms with E-state index >= 15 is 0 Å². The third-order valence-corrected chi connectivity index (χ3v) is 12.7. The number of aromatic nitrogens is 2. The SMILES string of the molecule is CCCCCCCCC(=O)OCC(COC(=O)CCCCCCCC)CC(=O)O[C@@H]1C[C@H](OC(=O)CC(COC(=O)CCCCCCCC)COC(=O)CCCCCCCC)CN(C(=O)n2ccnc2)C1. The van der Waals surface area contributed by atoms with Gasteiger partial charge in [-0.3, -0.25) is 33.3 Å². The summed E-state index contributed by atoms with van der Waals surface area (Å²) in [6, 6.07) is -0.468. The zero-order chi connectivity index (χ0) is 51.7. The monoisotopic (exact) mass is 1000 g/mol. The van der Waals surface area contributed by atoms with Gasteiger partial charge in [0.2, 0.25) is 0 Å². The third kappa shape index (κ3) is 32.2. The molecule has 1 aromatic heterocycles. The number of piperidine rings is 1. The first-order valence-corrected chi connectivity index (χ1v) is 27.8. The number of ether oxygens (including phenoxy) is 6. The summed E-state index contributed by atoms with van der Waals surface area (Å²) in [5, 5.41) is 0. The Morgan fingerprint density at radius 2 is 0.761 bits per heavy atom. The van der Waals surface area contributed by atoms with Gasteiger partial charge in [-0.2, -0.15) is 0 Å². The predicted molar refractivity (Wildman–Crippen MR) is 271 cm³/mol. The van der Waals surface area contributed by atoms with E-state index in [-0.39, 0.29) is 108 Å². The van der Waals surface area contributed by atoms with Crippen LogP contribution in [0.2, 0.25) is 0 Å². The largest absolute Gasteiger partial charge is 0.465 e. The molecule has 0 unspecified atom stereocenters. The number of rotatable bonds is 42. The molecule has 0 aromatic carbocycles. The number of hydrogen-bond donors (Lipinski definition) is 0. The lowest BCUT2D eigenvalue weighted by Crippen LogP contribution is -2.52. The molecule has 1 amide bonds. The van der Waals surface area contributed by atoms with Crippen molar-refractivity contribution in [3.05, 3.63) is 18.7 Å². The number of imidazole rings is 1. The second-order valence-corrected chi connectivity index (χ2v) is 19.6. The van der Waals surface area contributed by atoms with Crippen LogP contribution in [0, 0.1) is 11.8 Å². The molecule has 1 aliphatic rings. The van der Waals surface area contributed by atoms with Crippen LogP contribution in [0.5, 0.6) is 0 Å². The average Bonchev–Trinajstić information content (AvgIpc) is 3.90. The molecule has 0 spiro atoms. The first-order valence-electron chi connectivity index (χ1n) is 27.8. The van der Waals surface area contributed by atoms with Gasteiger partial charge in [-0.05, 0) is 25.7 Å². The molecule has 406 valence electrons. The van der Waals surface area contributed by atoms with Crippen LogP contribution >= 0.6 is 0 Å². The number of carbonyl (C=O) groups is 7. The van der Waals surface area contributed by atoms with Crippen LogP contribution in [0.3, 0.4) is 0 Å². The highest BCUT2D eigenvalue weighted by Crippen LogP contribution is 2.22. The number of unbranched alkanes of at least 4 members (excludes halogenated alkanes) is 20. The Kier molecular flexibility index (Phi) is 36.2. The Hall–Kier alpha value is -4.50. The summed E-state index contributed by atoms with van der Waals surface area (Å²) in [6.07, 6.45) is 27.4. The number of amides is 1. The summed E-state index contributed by atoms with van der Waals surface area (Å²) in [5.41, 5.74) is 0. The van der Waals surface area contributed by atoms with Gasteiger partial charge in [-0.15, -0.1) is 0 Å². The van der Waals surface area contributed by atoms with Crippen molar-refractivity contribution in [2.24, 2.45) is 11.8 Å². The van der Waals surface area contributed by atoms with E-state index in [0.29, 0.717) is 25.7 Å². The molecule has 0 radical (unpaired) electrons. The van der Waals surface area contributed by atoms with Crippen LogP contribution in [0.25, 0.3) is 0 Å². The molecule has 1 saturated heterocycles. The average molecular weight is 1000 g/mol. The molecule has 0 bridgehead atoms. The Balaban J connectivity index is 2.13. The maximum Gasteiger partial charge on any atom is 0.329 e. The summed E-state index contributed by atoms with van der Waals surface area (Å²) in [6.45, 7) is 8.01. The van der Waals surface area contributed by atoms with E-state index in [2.05, 4.69) is 32.7 Å². The second kappa shape index (κ2) is 41.0. The maximum atomic E-state index is 13.7. The number of hydrogen-bond acceptors (Lipinski definition) is 14. The molecule has 0 N–H and O–H groups in total. The van der Waals surface area contributed by atoms with Crippen molar-refractivity contribution in [2.45, 2.75) is 239 Å². The molecule has 2 rings (SSSR count). The standard InChI is InChI=1S/C55H93N3O13/c1-5-9-13-17-21-25-29-49(59)66-40-45(41-67-50(60)30-26-22-18-14-10-6-2)35-53(63)70-47-37-48(39-58(38-47)55(65)57-34-33-56-44-57)71-54(64)36-46(42-68-51(61)31-27-23-19-15-11-7-3)43-69-52(62)32-28-24-20-16-12-8-4/h33-34,44-48H,5-32,35-43H2,1-4H3/t47-,48+. The highest BCUT2D eigenvalue weighted by Gasteiger charge is 2.36. The topological polar surface area (TPSA) is 196 Å². The van der Waals surface area contributed by atoms with Gasteiger partial charge in [0.25, 0.3) is 0 Å². The van der Waals surface area contributed by atoms with Gasteiger partial charge in [-0.25, -0.2) is 9.78 Å². The zero-order valence-corrected chi connectivity index (χ0v) is 44.4. The lowest BCUT2D eigenvalue weighted by molar-refractivity contribution is -0.166. The maximum absolute atomic E-state index is 13.7.